The van der Waals surface area contributed by atoms with E-state index in [0.29, 0.717) is 18.3 Å². The maximum atomic E-state index is 13.0. The van der Waals surface area contributed by atoms with Gasteiger partial charge in [0.1, 0.15) is 0 Å². The van der Waals surface area contributed by atoms with Crippen LogP contribution in [0.5, 0.6) is 0 Å². The first-order valence-electron chi connectivity index (χ1n) is 9.71. The number of piperazine rings is 1. The second-order valence-electron chi connectivity index (χ2n) is 7.50. The van der Waals surface area contributed by atoms with Gasteiger partial charge in [0, 0.05) is 46.2 Å². The standard InChI is InChI=1S/C20H27N5O2/c1-15(25-8-7-17-5-3-4-6-18(17)13-25)20(26)24-11-9-23(10-12-24)14-19-21-16(2)27-22-19/h3-6,15H,7-14H2,1-2H3/t15-/m0/s1. The number of rotatable bonds is 4. The highest BCUT2D eigenvalue weighted by Gasteiger charge is 2.30. The minimum Gasteiger partial charge on any atom is -0.340 e. The second kappa shape index (κ2) is 7.78. The van der Waals surface area contributed by atoms with Gasteiger partial charge in [0.2, 0.25) is 11.8 Å². The number of carbonyl (C=O) groups excluding carboxylic acids is 1. The van der Waals surface area contributed by atoms with Crippen LogP contribution in [0.2, 0.25) is 0 Å². The first kappa shape index (κ1) is 18.1. The van der Waals surface area contributed by atoms with Gasteiger partial charge in [-0.3, -0.25) is 14.6 Å². The van der Waals surface area contributed by atoms with Crippen molar-refractivity contribution in [1.29, 1.82) is 0 Å². The van der Waals surface area contributed by atoms with Crippen LogP contribution < -0.4 is 0 Å². The van der Waals surface area contributed by atoms with Gasteiger partial charge in [-0.15, -0.1) is 0 Å². The Balaban J connectivity index is 1.30. The third-order valence-corrected chi connectivity index (χ3v) is 5.68. The van der Waals surface area contributed by atoms with Crippen LogP contribution in [0.3, 0.4) is 0 Å². The minimum absolute atomic E-state index is 0.0789. The van der Waals surface area contributed by atoms with Crippen molar-refractivity contribution < 1.29 is 9.32 Å². The molecule has 3 heterocycles. The lowest BCUT2D eigenvalue weighted by Gasteiger charge is -2.39. The Morgan fingerprint density at radius 3 is 2.59 bits per heavy atom. The van der Waals surface area contributed by atoms with Crippen LogP contribution >= 0.6 is 0 Å². The predicted molar refractivity (Wildman–Crippen MR) is 101 cm³/mol. The number of benzene rings is 1. The summed E-state index contributed by atoms with van der Waals surface area (Å²) in [4.78, 5) is 23.8. The molecule has 2 aliphatic heterocycles. The smallest absolute Gasteiger partial charge is 0.239 e. The summed E-state index contributed by atoms with van der Waals surface area (Å²) in [5.74, 6) is 1.55. The second-order valence-corrected chi connectivity index (χ2v) is 7.50. The molecule has 0 bridgehead atoms. The Labute approximate surface area is 159 Å². The summed E-state index contributed by atoms with van der Waals surface area (Å²) < 4.78 is 5.03. The van der Waals surface area contributed by atoms with Crippen molar-refractivity contribution in [3.63, 3.8) is 0 Å². The van der Waals surface area contributed by atoms with E-state index < -0.39 is 0 Å². The van der Waals surface area contributed by atoms with Gasteiger partial charge in [-0.05, 0) is 24.5 Å². The Morgan fingerprint density at radius 1 is 1.15 bits per heavy atom. The molecule has 0 N–H and O–H groups in total. The van der Waals surface area contributed by atoms with Crippen molar-refractivity contribution in [1.82, 2.24) is 24.8 Å². The summed E-state index contributed by atoms with van der Waals surface area (Å²) in [7, 11) is 0. The van der Waals surface area contributed by atoms with Gasteiger partial charge < -0.3 is 9.42 Å². The summed E-state index contributed by atoms with van der Waals surface area (Å²) in [6, 6.07) is 8.48. The SMILES string of the molecule is Cc1nc(CN2CCN(C(=O)[C@H](C)N3CCc4ccccc4C3)CC2)no1. The number of amides is 1. The van der Waals surface area contributed by atoms with E-state index in [1.54, 1.807) is 6.92 Å². The van der Waals surface area contributed by atoms with Crippen molar-refractivity contribution >= 4 is 5.91 Å². The highest BCUT2D eigenvalue weighted by molar-refractivity contribution is 5.81. The molecule has 1 fully saturated rings. The molecule has 0 saturated carbocycles. The molecule has 0 aliphatic carbocycles. The monoisotopic (exact) mass is 369 g/mol. The molecule has 0 radical (unpaired) electrons. The zero-order chi connectivity index (χ0) is 18.8. The van der Waals surface area contributed by atoms with Crippen LogP contribution in [-0.2, 0) is 24.3 Å². The van der Waals surface area contributed by atoms with E-state index in [1.807, 2.05) is 11.8 Å². The van der Waals surface area contributed by atoms with Crippen molar-refractivity contribution in [2.24, 2.45) is 0 Å². The van der Waals surface area contributed by atoms with Crippen LogP contribution in [0, 0.1) is 6.92 Å². The van der Waals surface area contributed by atoms with Gasteiger partial charge in [-0.1, -0.05) is 29.4 Å². The summed E-state index contributed by atoms with van der Waals surface area (Å²) in [5.41, 5.74) is 2.77. The normalized spacial score (nSPS) is 19.7. The Bertz CT molecular complexity index is 797. The molecule has 2 aromatic rings. The topological polar surface area (TPSA) is 65.7 Å². The van der Waals surface area contributed by atoms with Crippen molar-refractivity contribution in [3.05, 3.63) is 47.1 Å². The molecular weight excluding hydrogens is 342 g/mol. The lowest BCUT2D eigenvalue weighted by Crippen LogP contribution is -2.54. The number of carbonyl (C=O) groups is 1. The van der Waals surface area contributed by atoms with E-state index in [9.17, 15) is 4.79 Å². The van der Waals surface area contributed by atoms with E-state index in [2.05, 4.69) is 44.2 Å². The molecule has 1 aromatic carbocycles. The summed E-state index contributed by atoms with van der Waals surface area (Å²) in [5, 5.41) is 3.96. The molecule has 0 spiro atoms. The van der Waals surface area contributed by atoms with Crippen LogP contribution in [-0.4, -0.2) is 69.5 Å². The quantitative estimate of drug-likeness (QED) is 0.813. The zero-order valence-electron chi connectivity index (χ0n) is 16.1. The van der Waals surface area contributed by atoms with Crippen molar-refractivity contribution in [2.45, 2.75) is 39.4 Å². The average Bonchev–Trinajstić information content (AvgIpc) is 3.11. The maximum Gasteiger partial charge on any atom is 0.239 e. The molecule has 1 saturated heterocycles. The number of aryl methyl sites for hydroxylation is 1. The minimum atomic E-state index is -0.0789. The maximum absolute atomic E-state index is 13.0. The van der Waals surface area contributed by atoms with Crippen LogP contribution in [0.25, 0.3) is 0 Å². The molecule has 1 amide bonds. The molecule has 144 valence electrons. The summed E-state index contributed by atoms with van der Waals surface area (Å²) in [6.07, 6.45) is 1.02. The van der Waals surface area contributed by atoms with Gasteiger partial charge in [-0.2, -0.15) is 4.98 Å². The van der Waals surface area contributed by atoms with E-state index in [0.717, 1.165) is 45.7 Å². The first-order valence-corrected chi connectivity index (χ1v) is 9.71. The third kappa shape index (κ3) is 4.04. The molecule has 1 aromatic heterocycles. The highest BCUT2D eigenvalue weighted by Crippen LogP contribution is 2.21. The van der Waals surface area contributed by atoms with Crippen LogP contribution in [0.4, 0.5) is 0 Å². The van der Waals surface area contributed by atoms with Crippen molar-refractivity contribution in [3.8, 4) is 0 Å². The Kier molecular flexibility index (Phi) is 5.22. The molecule has 7 heteroatoms. The van der Waals surface area contributed by atoms with Gasteiger partial charge in [0.15, 0.2) is 5.82 Å². The fourth-order valence-electron chi connectivity index (χ4n) is 4.00. The van der Waals surface area contributed by atoms with Crippen LogP contribution in [0.15, 0.2) is 28.8 Å². The largest absolute Gasteiger partial charge is 0.340 e. The molecule has 0 unspecified atom stereocenters. The van der Waals surface area contributed by atoms with E-state index in [4.69, 9.17) is 4.52 Å². The predicted octanol–water partition coefficient (Wildman–Crippen LogP) is 1.47. The molecule has 1 atom stereocenters. The zero-order valence-corrected chi connectivity index (χ0v) is 16.1. The van der Waals surface area contributed by atoms with Gasteiger partial charge in [-0.25, -0.2) is 0 Å². The lowest BCUT2D eigenvalue weighted by molar-refractivity contribution is -0.138. The number of hydrogen-bond donors (Lipinski definition) is 0. The Morgan fingerprint density at radius 2 is 1.89 bits per heavy atom. The average molecular weight is 369 g/mol. The molecule has 4 rings (SSSR count). The number of aromatic nitrogens is 2. The number of nitrogens with zero attached hydrogens (tertiary/aromatic N) is 5. The molecule has 27 heavy (non-hydrogen) atoms. The summed E-state index contributed by atoms with van der Waals surface area (Å²) >= 11 is 0. The van der Waals surface area contributed by atoms with Gasteiger partial charge >= 0.3 is 0 Å². The van der Waals surface area contributed by atoms with Gasteiger partial charge in [0.05, 0.1) is 12.6 Å². The Hall–Kier alpha value is -2.25. The van der Waals surface area contributed by atoms with E-state index >= 15 is 0 Å². The third-order valence-electron chi connectivity index (χ3n) is 5.68. The lowest BCUT2D eigenvalue weighted by atomic mass is 9.98. The summed E-state index contributed by atoms with van der Waals surface area (Å²) in [6.45, 7) is 9.52. The van der Waals surface area contributed by atoms with E-state index in [1.165, 1.54) is 11.1 Å². The molecule has 2 aliphatic rings. The first-order chi connectivity index (χ1) is 13.1. The number of hydrogen-bond acceptors (Lipinski definition) is 6. The van der Waals surface area contributed by atoms with Crippen LogP contribution in [0.1, 0.15) is 29.8 Å². The van der Waals surface area contributed by atoms with Gasteiger partial charge in [0.25, 0.3) is 0 Å². The molecular formula is C20H27N5O2. The molecule has 7 nitrogen and oxygen atoms in total. The van der Waals surface area contributed by atoms with E-state index in [-0.39, 0.29) is 11.9 Å². The number of fused-ring (bicyclic) bond motifs is 1. The highest BCUT2D eigenvalue weighted by atomic mass is 16.5. The fourth-order valence-corrected chi connectivity index (χ4v) is 4.00. The fraction of sp³-hybridized carbons (Fsp3) is 0.550. The van der Waals surface area contributed by atoms with Crippen molar-refractivity contribution in [2.75, 3.05) is 32.7 Å².